The van der Waals surface area contributed by atoms with Crippen LogP contribution in [0.25, 0.3) is 0 Å². The number of carbonyl (C=O) groups excluding carboxylic acids is 2. The van der Waals surface area contributed by atoms with Gasteiger partial charge in [0, 0.05) is 31.1 Å². The maximum Gasteiger partial charge on any atom is 0.243 e. The summed E-state index contributed by atoms with van der Waals surface area (Å²) in [5, 5.41) is 3.69. The number of rotatable bonds is 10. The van der Waals surface area contributed by atoms with Crippen molar-refractivity contribution in [3.8, 4) is 0 Å². The molecule has 3 aromatic rings. The molecule has 182 valence electrons. The van der Waals surface area contributed by atoms with Crippen LogP contribution in [0, 0.1) is 0 Å². The molecule has 3 aromatic carbocycles. The second kappa shape index (κ2) is 12.5. The molecule has 0 bridgehead atoms. The van der Waals surface area contributed by atoms with Crippen LogP contribution in [0.3, 0.4) is 0 Å². The van der Waals surface area contributed by atoms with Crippen molar-refractivity contribution in [3.63, 3.8) is 0 Å². The maximum atomic E-state index is 13.7. The van der Waals surface area contributed by atoms with E-state index in [9.17, 15) is 9.59 Å². The van der Waals surface area contributed by atoms with E-state index in [0.29, 0.717) is 24.5 Å². The van der Waals surface area contributed by atoms with Gasteiger partial charge >= 0.3 is 0 Å². The molecule has 1 aliphatic heterocycles. The average molecular weight is 491 g/mol. The van der Waals surface area contributed by atoms with E-state index in [2.05, 4.69) is 5.32 Å². The lowest BCUT2D eigenvalue weighted by Crippen LogP contribution is -2.52. The summed E-state index contributed by atoms with van der Waals surface area (Å²) in [6, 6.07) is 26.2. The molecule has 1 fully saturated rings. The van der Waals surface area contributed by atoms with Crippen LogP contribution in [0.5, 0.6) is 0 Å². The molecule has 1 saturated heterocycles. The van der Waals surface area contributed by atoms with Gasteiger partial charge in [0.25, 0.3) is 0 Å². The summed E-state index contributed by atoms with van der Waals surface area (Å²) < 4.78 is 5.69. The van der Waals surface area contributed by atoms with Gasteiger partial charge < -0.3 is 15.0 Å². The van der Waals surface area contributed by atoms with Gasteiger partial charge in [-0.1, -0.05) is 84.4 Å². The zero-order valence-corrected chi connectivity index (χ0v) is 20.5. The molecule has 0 radical (unpaired) electrons. The minimum absolute atomic E-state index is 0.0288. The second-order valence-electron chi connectivity index (χ2n) is 8.90. The fourth-order valence-electron chi connectivity index (χ4n) is 4.35. The zero-order chi connectivity index (χ0) is 24.5. The third-order valence-corrected chi connectivity index (χ3v) is 6.52. The van der Waals surface area contributed by atoms with Crippen LogP contribution in [-0.4, -0.2) is 42.0 Å². The molecule has 2 amide bonds. The third-order valence-electron chi connectivity index (χ3n) is 6.26. The molecule has 2 atom stereocenters. The molecule has 0 unspecified atom stereocenters. The lowest BCUT2D eigenvalue weighted by Gasteiger charge is -2.32. The van der Waals surface area contributed by atoms with E-state index in [0.717, 1.165) is 36.1 Å². The first-order valence-electron chi connectivity index (χ1n) is 12.1. The van der Waals surface area contributed by atoms with Crippen LogP contribution in [-0.2, 0) is 33.7 Å². The van der Waals surface area contributed by atoms with Crippen LogP contribution in [0.1, 0.15) is 29.5 Å². The van der Waals surface area contributed by atoms with E-state index in [4.69, 9.17) is 16.3 Å². The molecule has 1 aliphatic rings. The molecule has 0 spiro atoms. The SMILES string of the molecule is O=C(NC[C@H]1CCCO1)[C@H](Cc1ccccc1)N(Cc1ccc(Cl)cc1)C(=O)Cc1ccccc1. The van der Waals surface area contributed by atoms with E-state index in [-0.39, 0.29) is 24.3 Å². The van der Waals surface area contributed by atoms with E-state index < -0.39 is 6.04 Å². The molecule has 0 saturated carbocycles. The number of hydrogen-bond donors (Lipinski definition) is 1. The predicted octanol–water partition coefficient (Wildman–Crippen LogP) is 4.82. The molecule has 6 heteroatoms. The van der Waals surface area contributed by atoms with Crippen molar-refractivity contribution in [2.45, 2.75) is 44.4 Å². The summed E-state index contributed by atoms with van der Waals surface area (Å²) >= 11 is 6.09. The highest BCUT2D eigenvalue weighted by Gasteiger charge is 2.31. The molecule has 0 aliphatic carbocycles. The summed E-state index contributed by atoms with van der Waals surface area (Å²) in [7, 11) is 0. The number of nitrogens with one attached hydrogen (secondary N) is 1. The number of benzene rings is 3. The monoisotopic (exact) mass is 490 g/mol. The van der Waals surface area contributed by atoms with Gasteiger partial charge in [-0.15, -0.1) is 0 Å². The summed E-state index contributed by atoms with van der Waals surface area (Å²) in [4.78, 5) is 28.9. The first-order chi connectivity index (χ1) is 17.1. The molecule has 35 heavy (non-hydrogen) atoms. The highest BCUT2D eigenvalue weighted by Crippen LogP contribution is 2.19. The number of halogens is 1. The van der Waals surface area contributed by atoms with Gasteiger partial charge in [0.15, 0.2) is 0 Å². The average Bonchev–Trinajstić information content (AvgIpc) is 3.41. The standard InChI is InChI=1S/C29H31ClN2O3/c30-25-15-13-24(14-16-25)21-32(28(33)19-23-10-5-2-6-11-23)27(18-22-8-3-1-4-9-22)29(34)31-20-26-12-7-17-35-26/h1-6,8-11,13-16,26-27H,7,12,17-21H2,(H,31,34)/t26-,27+/m1/s1. The van der Waals surface area contributed by atoms with Gasteiger partial charge in [0.05, 0.1) is 12.5 Å². The number of hydrogen-bond acceptors (Lipinski definition) is 3. The van der Waals surface area contributed by atoms with E-state index in [1.165, 1.54) is 0 Å². The van der Waals surface area contributed by atoms with Crippen molar-refractivity contribution in [1.29, 1.82) is 0 Å². The third kappa shape index (κ3) is 7.41. The Labute approximate surface area is 212 Å². The smallest absolute Gasteiger partial charge is 0.243 e. The summed E-state index contributed by atoms with van der Waals surface area (Å²) in [6.45, 7) is 1.49. The lowest BCUT2D eigenvalue weighted by molar-refractivity contribution is -0.141. The fraction of sp³-hybridized carbons (Fsp3) is 0.310. The predicted molar refractivity (Wildman–Crippen MR) is 138 cm³/mol. The molecule has 0 aromatic heterocycles. The second-order valence-corrected chi connectivity index (χ2v) is 9.33. The first-order valence-corrected chi connectivity index (χ1v) is 12.5. The Morgan fingerprint density at radius 3 is 2.20 bits per heavy atom. The van der Waals surface area contributed by atoms with Crippen molar-refractivity contribution >= 4 is 23.4 Å². The highest BCUT2D eigenvalue weighted by molar-refractivity contribution is 6.30. The summed E-state index contributed by atoms with van der Waals surface area (Å²) in [5.41, 5.74) is 2.83. The Bertz CT molecular complexity index is 1080. The van der Waals surface area contributed by atoms with Crippen molar-refractivity contribution < 1.29 is 14.3 Å². The van der Waals surface area contributed by atoms with E-state index in [1.54, 1.807) is 17.0 Å². The molecular weight excluding hydrogens is 460 g/mol. The molecular formula is C29H31ClN2O3. The van der Waals surface area contributed by atoms with Crippen LogP contribution < -0.4 is 5.32 Å². The highest BCUT2D eigenvalue weighted by atomic mass is 35.5. The van der Waals surface area contributed by atoms with Crippen LogP contribution in [0.2, 0.25) is 5.02 Å². The van der Waals surface area contributed by atoms with Crippen molar-refractivity contribution in [1.82, 2.24) is 10.2 Å². The van der Waals surface area contributed by atoms with Crippen LogP contribution in [0.15, 0.2) is 84.9 Å². The largest absolute Gasteiger partial charge is 0.376 e. The van der Waals surface area contributed by atoms with E-state index in [1.807, 2.05) is 72.8 Å². The molecule has 1 N–H and O–H groups in total. The lowest BCUT2D eigenvalue weighted by atomic mass is 10.0. The molecule has 1 heterocycles. The van der Waals surface area contributed by atoms with Gasteiger partial charge in [-0.3, -0.25) is 9.59 Å². The minimum Gasteiger partial charge on any atom is -0.376 e. The van der Waals surface area contributed by atoms with Crippen molar-refractivity contribution in [2.75, 3.05) is 13.2 Å². The summed E-state index contributed by atoms with van der Waals surface area (Å²) in [5.74, 6) is -0.265. The first kappa shape index (κ1) is 25.0. The quantitative estimate of drug-likeness (QED) is 0.443. The molecule has 5 nitrogen and oxygen atoms in total. The number of amides is 2. The molecule has 4 rings (SSSR count). The normalized spacial score (nSPS) is 16.0. The topological polar surface area (TPSA) is 58.6 Å². The Hall–Kier alpha value is -3.15. The van der Waals surface area contributed by atoms with Gasteiger partial charge in [-0.05, 0) is 41.7 Å². The van der Waals surface area contributed by atoms with Gasteiger partial charge in [0.1, 0.15) is 6.04 Å². The van der Waals surface area contributed by atoms with Crippen LogP contribution >= 0.6 is 11.6 Å². The van der Waals surface area contributed by atoms with Gasteiger partial charge in [0.2, 0.25) is 11.8 Å². The Morgan fingerprint density at radius 2 is 1.57 bits per heavy atom. The van der Waals surface area contributed by atoms with E-state index >= 15 is 0 Å². The van der Waals surface area contributed by atoms with Gasteiger partial charge in [-0.2, -0.15) is 0 Å². The number of ether oxygens (including phenoxy) is 1. The van der Waals surface area contributed by atoms with Crippen molar-refractivity contribution in [2.24, 2.45) is 0 Å². The fourth-order valence-corrected chi connectivity index (χ4v) is 4.48. The Balaban J connectivity index is 1.61. The van der Waals surface area contributed by atoms with Crippen molar-refractivity contribution in [3.05, 3.63) is 107 Å². The van der Waals surface area contributed by atoms with Gasteiger partial charge in [-0.25, -0.2) is 0 Å². The van der Waals surface area contributed by atoms with Crippen LogP contribution in [0.4, 0.5) is 0 Å². The summed E-state index contributed by atoms with van der Waals surface area (Å²) in [6.07, 6.45) is 2.61. The number of carbonyl (C=O) groups is 2. The Kier molecular flexibility index (Phi) is 8.93. The Morgan fingerprint density at radius 1 is 0.914 bits per heavy atom. The zero-order valence-electron chi connectivity index (χ0n) is 19.7. The minimum atomic E-state index is -0.661. The maximum absolute atomic E-state index is 13.7. The number of nitrogens with zero attached hydrogens (tertiary/aromatic N) is 1.